The number of esters is 1. The molecule has 1 amide bonds. The van der Waals surface area contributed by atoms with Crippen LogP contribution in [0.25, 0.3) is 0 Å². The number of rotatable bonds is 11. The molecule has 216 valence electrons. The molecule has 1 unspecified atom stereocenters. The van der Waals surface area contributed by atoms with Crippen molar-refractivity contribution in [1.29, 1.82) is 0 Å². The fourth-order valence-corrected chi connectivity index (χ4v) is 5.24. The monoisotopic (exact) mass is 580 g/mol. The summed E-state index contributed by atoms with van der Waals surface area (Å²) < 4.78 is 77.1. The van der Waals surface area contributed by atoms with Crippen LogP contribution >= 0.6 is 7.75 Å². The van der Waals surface area contributed by atoms with E-state index in [2.05, 4.69) is 5.09 Å². The molecule has 0 aromatic heterocycles. The first kappa shape index (κ1) is 30.7. The summed E-state index contributed by atoms with van der Waals surface area (Å²) in [6, 6.07) is 6.03. The van der Waals surface area contributed by atoms with Gasteiger partial charge in [0, 0.05) is 6.20 Å². The summed E-state index contributed by atoms with van der Waals surface area (Å²) in [5, 5.41) is 23.3. The van der Waals surface area contributed by atoms with E-state index in [4.69, 9.17) is 18.5 Å². The lowest BCUT2D eigenvalue weighted by atomic mass is 9.96. The molecule has 1 aromatic carbocycles. The zero-order chi connectivity index (χ0) is 29.1. The summed E-state index contributed by atoms with van der Waals surface area (Å²) in [6.45, 7) is 2.99. The van der Waals surface area contributed by atoms with Gasteiger partial charge in [-0.05, 0) is 32.9 Å². The number of ketones is 1. The Labute approximate surface area is 221 Å². The molecule has 1 saturated heterocycles. The van der Waals surface area contributed by atoms with E-state index in [9.17, 15) is 42.3 Å². The zero-order valence-corrected chi connectivity index (χ0v) is 21.9. The molecule has 0 aliphatic carbocycles. The molecular formula is C23H28F3N2O10P. The van der Waals surface area contributed by atoms with E-state index >= 15 is 0 Å². The predicted molar refractivity (Wildman–Crippen MR) is 126 cm³/mol. The molecule has 2 heterocycles. The maximum absolute atomic E-state index is 14.4. The third kappa shape index (κ3) is 6.86. The van der Waals surface area contributed by atoms with Crippen molar-refractivity contribution in [1.82, 2.24) is 9.99 Å². The molecule has 39 heavy (non-hydrogen) atoms. The standard InChI is InChI=1S/C23H28F3N2O10P/c1-12(2)36-21(33)13(3)27-39(34,38-14-7-5-4-6-8-14)35-11-23(22(25)26)19(32)18(31)20(37-23)28-10-15(24)16(29)9-17(28)30/h4-8,10,12-13,18-20,22,31-32H,9,11H2,1-3H3,(H,27,34)/t13-,18-,19-,20+,23+,39?/m0/s1. The summed E-state index contributed by atoms with van der Waals surface area (Å²) in [5.74, 6) is -4.55. The number of para-hydroxylation sites is 1. The normalized spacial score (nSPS) is 27.9. The largest absolute Gasteiger partial charge is 0.462 e. The Morgan fingerprint density at radius 3 is 2.46 bits per heavy atom. The molecule has 16 heteroatoms. The number of aliphatic hydroxyl groups excluding tert-OH is 2. The van der Waals surface area contributed by atoms with Crippen LogP contribution in [0.3, 0.4) is 0 Å². The first-order valence-electron chi connectivity index (χ1n) is 11.7. The second kappa shape index (κ2) is 12.1. The van der Waals surface area contributed by atoms with Crippen molar-refractivity contribution in [2.24, 2.45) is 0 Å². The SMILES string of the molecule is CC(C)OC(=O)[C@H](C)NP(=O)(OC[C@@]1(C(F)F)O[C@@H](N2C=C(F)C(=O)CC2=O)[C@@H](O)[C@@H]1O)Oc1ccccc1. The lowest BCUT2D eigenvalue weighted by Crippen LogP contribution is -2.53. The van der Waals surface area contributed by atoms with E-state index in [1.165, 1.54) is 31.2 Å². The number of alkyl halides is 2. The van der Waals surface area contributed by atoms with Gasteiger partial charge in [0.05, 0.1) is 19.1 Å². The van der Waals surface area contributed by atoms with Gasteiger partial charge in [-0.1, -0.05) is 18.2 Å². The van der Waals surface area contributed by atoms with Crippen molar-refractivity contribution in [3.8, 4) is 5.75 Å². The number of nitrogens with one attached hydrogen (secondary N) is 1. The second-order valence-corrected chi connectivity index (χ2v) is 10.8. The van der Waals surface area contributed by atoms with Crippen LogP contribution in [-0.2, 0) is 32.9 Å². The number of nitrogens with zero attached hydrogens (tertiary/aromatic N) is 1. The minimum atomic E-state index is -4.71. The van der Waals surface area contributed by atoms with Gasteiger partial charge in [-0.2, -0.15) is 5.09 Å². The quantitative estimate of drug-likeness (QED) is 0.199. The summed E-state index contributed by atoms with van der Waals surface area (Å²) in [7, 11) is -4.71. The van der Waals surface area contributed by atoms with Crippen LogP contribution < -0.4 is 9.61 Å². The van der Waals surface area contributed by atoms with Crippen LogP contribution in [0.2, 0.25) is 0 Å². The number of amides is 1. The molecule has 0 saturated carbocycles. The van der Waals surface area contributed by atoms with Crippen LogP contribution in [0.5, 0.6) is 5.75 Å². The Bertz CT molecular complexity index is 1150. The van der Waals surface area contributed by atoms with Crippen molar-refractivity contribution in [3.63, 3.8) is 0 Å². The van der Waals surface area contributed by atoms with Crippen LogP contribution in [0.15, 0.2) is 42.4 Å². The van der Waals surface area contributed by atoms with Gasteiger partial charge in [-0.25, -0.2) is 17.7 Å². The molecule has 3 rings (SSSR count). The van der Waals surface area contributed by atoms with Gasteiger partial charge in [-0.15, -0.1) is 0 Å². The maximum atomic E-state index is 14.4. The van der Waals surface area contributed by atoms with E-state index in [-0.39, 0.29) is 5.75 Å². The molecule has 0 spiro atoms. The van der Waals surface area contributed by atoms with E-state index in [1.807, 2.05) is 0 Å². The number of hydrogen-bond acceptors (Lipinski definition) is 10. The Kier molecular flexibility index (Phi) is 9.57. The second-order valence-electron chi connectivity index (χ2n) is 9.09. The Morgan fingerprint density at radius 2 is 1.87 bits per heavy atom. The number of ether oxygens (including phenoxy) is 2. The third-order valence-corrected chi connectivity index (χ3v) is 7.33. The fraction of sp³-hybridized carbons (Fsp3) is 0.522. The van der Waals surface area contributed by atoms with Gasteiger partial charge in [0.25, 0.3) is 6.43 Å². The first-order valence-corrected chi connectivity index (χ1v) is 13.2. The Hall–Kier alpha value is -2.81. The topological polar surface area (TPSA) is 161 Å². The van der Waals surface area contributed by atoms with Gasteiger partial charge >= 0.3 is 13.7 Å². The van der Waals surface area contributed by atoms with Gasteiger partial charge in [0.2, 0.25) is 11.7 Å². The summed E-state index contributed by atoms with van der Waals surface area (Å²) >= 11 is 0. The van der Waals surface area contributed by atoms with Gasteiger partial charge in [0.1, 0.15) is 24.0 Å². The molecule has 2 aliphatic heterocycles. The Balaban J connectivity index is 1.88. The van der Waals surface area contributed by atoms with Gasteiger partial charge < -0.3 is 24.2 Å². The molecule has 12 nitrogen and oxygen atoms in total. The fourth-order valence-electron chi connectivity index (χ4n) is 3.71. The molecule has 0 radical (unpaired) electrons. The number of halogens is 3. The lowest BCUT2D eigenvalue weighted by Gasteiger charge is -2.33. The summed E-state index contributed by atoms with van der Waals surface area (Å²) in [4.78, 5) is 36.3. The Morgan fingerprint density at radius 1 is 1.23 bits per heavy atom. The lowest BCUT2D eigenvalue weighted by molar-refractivity contribution is -0.200. The van der Waals surface area contributed by atoms with Crippen molar-refractivity contribution < 1.29 is 60.9 Å². The van der Waals surface area contributed by atoms with Crippen LogP contribution in [-0.4, -0.2) is 82.0 Å². The number of allylic oxidation sites excluding steroid dienone is 1. The van der Waals surface area contributed by atoms with E-state index in [1.54, 1.807) is 19.9 Å². The van der Waals surface area contributed by atoms with Crippen LogP contribution in [0.4, 0.5) is 13.2 Å². The number of hydrogen-bond donors (Lipinski definition) is 3. The van der Waals surface area contributed by atoms with Crippen LogP contribution in [0, 0.1) is 0 Å². The molecule has 3 N–H and O–H groups in total. The highest BCUT2D eigenvalue weighted by molar-refractivity contribution is 7.52. The number of carbonyl (C=O) groups excluding carboxylic acids is 3. The van der Waals surface area contributed by atoms with E-state index in [0.29, 0.717) is 11.1 Å². The number of Topliss-reactive ketones (excluding diaryl/α,β-unsaturated/α-hetero) is 1. The maximum Gasteiger partial charge on any atom is 0.459 e. The number of carbonyl (C=O) groups is 3. The molecule has 2 aliphatic rings. The number of benzene rings is 1. The van der Waals surface area contributed by atoms with Gasteiger partial charge in [0.15, 0.2) is 17.7 Å². The average Bonchev–Trinajstić information content (AvgIpc) is 3.11. The number of aliphatic hydroxyl groups is 2. The third-order valence-electron chi connectivity index (χ3n) is 5.70. The van der Waals surface area contributed by atoms with E-state index in [0.717, 1.165) is 0 Å². The molecule has 0 bridgehead atoms. The molecular weight excluding hydrogens is 552 g/mol. The predicted octanol–water partition coefficient (Wildman–Crippen LogP) is 1.81. The molecule has 6 atom stereocenters. The van der Waals surface area contributed by atoms with Crippen LogP contribution in [0.1, 0.15) is 27.2 Å². The zero-order valence-electron chi connectivity index (χ0n) is 21.0. The highest BCUT2D eigenvalue weighted by Crippen LogP contribution is 2.48. The molecule has 1 aromatic rings. The molecule has 1 fully saturated rings. The van der Waals surface area contributed by atoms with E-state index < -0.39 is 86.9 Å². The minimum absolute atomic E-state index is 0.0427. The average molecular weight is 580 g/mol. The highest BCUT2D eigenvalue weighted by atomic mass is 31.2. The van der Waals surface area contributed by atoms with Gasteiger partial charge in [-0.3, -0.25) is 23.8 Å². The van der Waals surface area contributed by atoms with Crippen molar-refractivity contribution in [2.75, 3.05) is 6.61 Å². The minimum Gasteiger partial charge on any atom is -0.462 e. The summed E-state index contributed by atoms with van der Waals surface area (Å²) in [5.41, 5.74) is -3.10. The smallest absolute Gasteiger partial charge is 0.459 e. The van der Waals surface area contributed by atoms with Crippen molar-refractivity contribution in [2.45, 2.75) is 69.8 Å². The van der Waals surface area contributed by atoms with Crippen molar-refractivity contribution >= 4 is 25.4 Å². The first-order chi connectivity index (χ1) is 18.2. The summed E-state index contributed by atoms with van der Waals surface area (Å²) in [6.07, 6.45) is -11.5. The highest BCUT2D eigenvalue weighted by Gasteiger charge is 2.63. The van der Waals surface area contributed by atoms with Crippen molar-refractivity contribution in [3.05, 3.63) is 42.4 Å².